The van der Waals surface area contributed by atoms with Crippen LogP contribution in [-0.4, -0.2) is 9.97 Å². The molecule has 69 valence electrons. The van der Waals surface area contributed by atoms with Gasteiger partial charge in [0.15, 0.2) is 0 Å². The second-order valence-electron chi connectivity index (χ2n) is 3.40. The van der Waals surface area contributed by atoms with Crippen LogP contribution in [0, 0.1) is 6.42 Å². The van der Waals surface area contributed by atoms with Crippen LogP contribution in [0.25, 0.3) is 0 Å². The first-order chi connectivity index (χ1) is 6.36. The van der Waals surface area contributed by atoms with Crippen LogP contribution < -0.4 is 0 Å². The molecular formula is C10H12ClN2. The van der Waals surface area contributed by atoms with Crippen molar-refractivity contribution >= 4 is 11.6 Å². The molecule has 1 aliphatic carbocycles. The summed E-state index contributed by atoms with van der Waals surface area (Å²) in [6.45, 7) is 0. The third kappa shape index (κ3) is 2.19. The standard InChI is InChI=1S/C10H12ClN2/c11-9-6-12-10(13-7-9)8-4-2-1-3-5-8/h1,6-8H,2-5H2. The van der Waals surface area contributed by atoms with Gasteiger partial charge in [-0.1, -0.05) is 11.6 Å². The van der Waals surface area contributed by atoms with Gasteiger partial charge in [0.1, 0.15) is 5.82 Å². The highest BCUT2D eigenvalue weighted by molar-refractivity contribution is 6.30. The Balaban J connectivity index is 2.10. The zero-order chi connectivity index (χ0) is 9.10. The maximum absolute atomic E-state index is 5.72. The highest BCUT2D eigenvalue weighted by Crippen LogP contribution is 2.29. The van der Waals surface area contributed by atoms with Gasteiger partial charge in [0, 0.05) is 18.3 Å². The van der Waals surface area contributed by atoms with Gasteiger partial charge in [-0.05, 0) is 32.1 Å². The van der Waals surface area contributed by atoms with Crippen molar-refractivity contribution in [2.75, 3.05) is 0 Å². The van der Waals surface area contributed by atoms with Crippen LogP contribution in [0.15, 0.2) is 12.4 Å². The maximum Gasteiger partial charge on any atom is 0.131 e. The quantitative estimate of drug-likeness (QED) is 0.689. The van der Waals surface area contributed by atoms with Gasteiger partial charge in [0.2, 0.25) is 0 Å². The molecule has 0 amide bonds. The zero-order valence-electron chi connectivity index (χ0n) is 7.41. The van der Waals surface area contributed by atoms with Crippen LogP contribution in [0.5, 0.6) is 0 Å². The molecule has 13 heavy (non-hydrogen) atoms. The summed E-state index contributed by atoms with van der Waals surface area (Å²) in [5, 5.41) is 0.617. The lowest BCUT2D eigenvalue weighted by Crippen LogP contribution is -2.08. The molecule has 1 aliphatic rings. The number of rotatable bonds is 1. The van der Waals surface area contributed by atoms with Crippen LogP contribution in [0.3, 0.4) is 0 Å². The molecule has 1 aromatic heterocycles. The van der Waals surface area contributed by atoms with Crippen LogP contribution in [0.4, 0.5) is 0 Å². The molecule has 0 spiro atoms. The Kier molecular flexibility index (Phi) is 2.79. The lowest BCUT2D eigenvalue weighted by Gasteiger charge is -2.19. The molecule has 1 fully saturated rings. The van der Waals surface area contributed by atoms with Crippen molar-refractivity contribution in [2.24, 2.45) is 0 Å². The van der Waals surface area contributed by atoms with E-state index in [0.717, 1.165) is 5.82 Å². The van der Waals surface area contributed by atoms with Crippen molar-refractivity contribution < 1.29 is 0 Å². The summed E-state index contributed by atoms with van der Waals surface area (Å²) in [5.41, 5.74) is 0. The van der Waals surface area contributed by atoms with Crippen molar-refractivity contribution in [3.63, 3.8) is 0 Å². The van der Waals surface area contributed by atoms with Gasteiger partial charge in [-0.15, -0.1) is 0 Å². The molecule has 1 radical (unpaired) electrons. The number of nitrogens with zero attached hydrogens (tertiary/aromatic N) is 2. The summed E-state index contributed by atoms with van der Waals surface area (Å²) in [4.78, 5) is 8.49. The fraction of sp³-hybridized carbons (Fsp3) is 0.500. The number of halogens is 1. The van der Waals surface area contributed by atoms with Gasteiger partial charge in [0.05, 0.1) is 5.02 Å². The molecule has 2 nitrogen and oxygen atoms in total. The summed E-state index contributed by atoms with van der Waals surface area (Å²) >= 11 is 5.72. The van der Waals surface area contributed by atoms with Crippen molar-refractivity contribution in [3.05, 3.63) is 29.7 Å². The Hall–Kier alpha value is -0.630. The van der Waals surface area contributed by atoms with Gasteiger partial charge < -0.3 is 0 Å². The highest BCUT2D eigenvalue weighted by Gasteiger charge is 2.17. The fourth-order valence-electron chi connectivity index (χ4n) is 1.72. The summed E-state index contributed by atoms with van der Waals surface area (Å²) < 4.78 is 0. The van der Waals surface area contributed by atoms with E-state index >= 15 is 0 Å². The first kappa shape index (κ1) is 8.95. The lowest BCUT2D eigenvalue weighted by atomic mass is 9.89. The number of hydrogen-bond acceptors (Lipinski definition) is 2. The summed E-state index contributed by atoms with van der Waals surface area (Å²) in [6.07, 6.45) is 10.5. The minimum atomic E-state index is 0.544. The number of hydrogen-bond donors (Lipinski definition) is 0. The van der Waals surface area contributed by atoms with Gasteiger partial charge >= 0.3 is 0 Å². The van der Waals surface area contributed by atoms with E-state index in [2.05, 4.69) is 16.4 Å². The van der Waals surface area contributed by atoms with Gasteiger partial charge in [0.25, 0.3) is 0 Å². The summed E-state index contributed by atoms with van der Waals surface area (Å²) in [7, 11) is 0. The van der Waals surface area contributed by atoms with E-state index < -0.39 is 0 Å². The van der Waals surface area contributed by atoms with E-state index in [1.54, 1.807) is 12.4 Å². The minimum absolute atomic E-state index is 0.544. The maximum atomic E-state index is 5.72. The lowest BCUT2D eigenvalue weighted by molar-refractivity contribution is 0.490. The van der Waals surface area contributed by atoms with E-state index in [4.69, 9.17) is 11.6 Å². The van der Waals surface area contributed by atoms with Crippen LogP contribution in [0.1, 0.15) is 37.4 Å². The molecule has 0 aromatic carbocycles. The topological polar surface area (TPSA) is 25.8 Å². The van der Waals surface area contributed by atoms with Gasteiger partial charge in [-0.2, -0.15) is 0 Å². The third-order valence-corrected chi connectivity index (χ3v) is 2.64. The van der Waals surface area contributed by atoms with Gasteiger partial charge in [-0.25, -0.2) is 9.97 Å². The molecule has 1 saturated carbocycles. The molecule has 0 aliphatic heterocycles. The Morgan fingerprint density at radius 1 is 1.15 bits per heavy atom. The van der Waals surface area contributed by atoms with E-state index in [0.29, 0.717) is 10.9 Å². The molecule has 1 aromatic rings. The molecular weight excluding hydrogens is 184 g/mol. The van der Waals surface area contributed by atoms with Crippen LogP contribution >= 0.6 is 11.6 Å². The second kappa shape index (κ2) is 4.05. The minimum Gasteiger partial charge on any atom is -0.240 e. The zero-order valence-corrected chi connectivity index (χ0v) is 8.17. The molecule has 3 heteroatoms. The van der Waals surface area contributed by atoms with E-state index in [-0.39, 0.29) is 0 Å². The summed E-state index contributed by atoms with van der Waals surface area (Å²) in [6, 6.07) is 0. The molecule has 0 unspecified atom stereocenters. The first-order valence-corrected chi connectivity index (χ1v) is 5.03. The molecule has 0 atom stereocenters. The van der Waals surface area contributed by atoms with E-state index in [9.17, 15) is 0 Å². The average molecular weight is 196 g/mol. The Labute approximate surface area is 83.4 Å². The summed E-state index contributed by atoms with van der Waals surface area (Å²) in [5.74, 6) is 1.50. The second-order valence-corrected chi connectivity index (χ2v) is 3.84. The Morgan fingerprint density at radius 3 is 2.38 bits per heavy atom. The van der Waals surface area contributed by atoms with Crippen LogP contribution in [0.2, 0.25) is 5.02 Å². The highest BCUT2D eigenvalue weighted by atomic mass is 35.5. The van der Waals surface area contributed by atoms with Crippen molar-refractivity contribution in [3.8, 4) is 0 Å². The smallest absolute Gasteiger partial charge is 0.131 e. The van der Waals surface area contributed by atoms with E-state index in [1.807, 2.05) is 0 Å². The fourth-order valence-corrected chi connectivity index (χ4v) is 1.82. The third-order valence-electron chi connectivity index (χ3n) is 2.44. The Bertz CT molecular complexity index is 265. The predicted octanol–water partition coefficient (Wildman–Crippen LogP) is 2.99. The average Bonchev–Trinajstić information content (AvgIpc) is 2.20. The molecule has 1 heterocycles. The molecule has 0 bridgehead atoms. The van der Waals surface area contributed by atoms with Gasteiger partial charge in [-0.3, -0.25) is 0 Å². The van der Waals surface area contributed by atoms with Crippen molar-refractivity contribution in [2.45, 2.75) is 31.6 Å². The largest absolute Gasteiger partial charge is 0.240 e. The SMILES string of the molecule is Clc1cnc(C2CC[CH]CC2)nc1. The molecule has 0 saturated heterocycles. The molecule has 0 N–H and O–H groups in total. The molecule has 2 rings (SSSR count). The van der Waals surface area contributed by atoms with Crippen molar-refractivity contribution in [1.29, 1.82) is 0 Å². The van der Waals surface area contributed by atoms with Crippen LogP contribution in [-0.2, 0) is 0 Å². The number of aromatic nitrogens is 2. The normalized spacial score (nSPS) is 18.8. The Morgan fingerprint density at radius 2 is 1.77 bits per heavy atom. The predicted molar refractivity (Wildman–Crippen MR) is 52.6 cm³/mol. The monoisotopic (exact) mass is 195 g/mol. The van der Waals surface area contributed by atoms with E-state index in [1.165, 1.54) is 25.7 Å². The van der Waals surface area contributed by atoms with Crippen molar-refractivity contribution in [1.82, 2.24) is 9.97 Å². The first-order valence-electron chi connectivity index (χ1n) is 4.65.